The first-order valence-electron chi connectivity index (χ1n) is 7.29. The molecular weight excluding hydrogens is 327 g/mol. The number of rotatable bonds is 7. The van der Waals surface area contributed by atoms with Gasteiger partial charge in [-0.1, -0.05) is 19.3 Å². The van der Waals surface area contributed by atoms with E-state index in [0.717, 1.165) is 6.42 Å². The van der Waals surface area contributed by atoms with Crippen molar-refractivity contribution in [3.8, 4) is 0 Å². The molecule has 0 unspecified atom stereocenters. The lowest BCUT2D eigenvalue weighted by Gasteiger charge is -2.27. The second-order valence-corrected chi connectivity index (χ2v) is 6.48. The molecule has 1 rings (SSSR count). The van der Waals surface area contributed by atoms with Crippen LogP contribution in [0.2, 0.25) is 0 Å². The van der Waals surface area contributed by atoms with Gasteiger partial charge in [0.25, 0.3) is 0 Å². The number of allylic oxidation sites excluding steroid dienone is 2. The van der Waals surface area contributed by atoms with Crippen LogP contribution >= 0.6 is 7.82 Å². The van der Waals surface area contributed by atoms with Gasteiger partial charge in [-0.2, -0.15) is 17.6 Å². The highest BCUT2D eigenvalue weighted by atomic mass is 31.2. The number of alkyl halides is 3. The van der Waals surface area contributed by atoms with Crippen molar-refractivity contribution in [1.82, 2.24) is 0 Å². The molecule has 0 spiro atoms. The normalized spacial score (nSPS) is 19.0. The molecule has 0 aliphatic heterocycles. The molecule has 0 saturated heterocycles. The number of hydrogen-bond acceptors (Lipinski definition) is 4. The van der Waals surface area contributed by atoms with Crippen molar-refractivity contribution >= 4 is 7.82 Å². The van der Waals surface area contributed by atoms with Gasteiger partial charge in [0, 0.05) is 5.92 Å². The van der Waals surface area contributed by atoms with Crippen LogP contribution in [-0.4, -0.2) is 19.4 Å². The maximum Gasteiger partial charge on any atom is 0.529 e. The van der Waals surface area contributed by atoms with Crippen molar-refractivity contribution in [2.75, 3.05) is 13.2 Å². The zero-order chi connectivity index (χ0) is 16.8. The Labute approximate surface area is 127 Å². The van der Waals surface area contributed by atoms with Crippen LogP contribution in [-0.2, 0) is 18.1 Å². The second-order valence-electron chi connectivity index (χ2n) is 4.88. The Morgan fingerprint density at radius 2 is 1.59 bits per heavy atom. The van der Waals surface area contributed by atoms with Crippen molar-refractivity contribution in [2.45, 2.75) is 52.1 Å². The molecule has 1 saturated carbocycles. The Hall–Kier alpha value is -0.590. The number of phosphoric acid groups is 1. The fraction of sp³-hybridized carbons (Fsp3) is 0.846. The van der Waals surface area contributed by atoms with Gasteiger partial charge in [-0.15, -0.1) is 0 Å². The Morgan fingerprint density at radius 3 is 2.00 bits per heavy atom. The molecule has 0 heterocycles. The topological polar surface area (TPSA) is 44.8 Å². The molecule has 0 aromatic heterocycles. The molecule has 1 aliphatic carbocycles. The third-order valence-electron chi connectivity index (χ3n) is 3.23. The molecule has 1 aliphatic rings. The fourth-order valence-corrected chi connectivity index (χ4v) is 3.61. The van der Waals surface area contributed by atoms with E-state index in [4.69, 9.17) is 13.6 Å². The van der Waals surface area contributed by atoms with E-state index in [1.165, 1.54) is 13.8 Å². The van der Waals surface area contributed by atoms with Crippen LogP contribution in [0.25, 0.3) is 0 Å². The van der Waals surface area contributed by atoms with Crippen molar-refractivity contribution in [3.05, 3.63) is 11.6 Å². The highest BCUT2D eigenvalue weighted by Gasteiger charge is 2.43. The molecule has 0 N–H and O–H groups in total. The van der Waals surface area contributed by atoms with Gasteiger partial charge < -0.3 is 4.52 Å². The van der Waals surface area contributed by atoms with Gasteiger partial charge in [0.1, 0.15) is 0 Å². The van der Waals surface area contributed by atoms with Crippen LogP contribution in [0.3, 0.4) is 0 Å². The Bertz CT molecular complexity index is 420. The lowest BCUT2D eigenvalue weighted by molar-refractivity contribution is -0.113. The van der Waals surface area contributed by atoms with Crippen LogP contribution in [0.5, 0.6) is 0 Å². The summed E-state index contributed by atoms with van der Waals surface area (Å²) in [7, 11) is -4.26. The van der Waals surface area contributed by atoms with Crippen LogP contribution in [0.1, 0.15) is 46.0 Å². The maximum atomic E-state index is 13.8. The SMILES string of the molecule is CCOP(=O)(OCC)O/C(=C(/F)C(F)(F)F)C1CCCCC1. The Balaban J connectivity index is 3.12. The summed E-state index contributed by atoms with van der Waals surface area (Å²) < 4.78 is 78.6. The molecule has 4 nitrogen and oxygen atoms in total. The van der Waals surface area contributed by atoms with Crippen LogP contribution in [0.15, 0.2) is 11.6 Å². The second kappa shape index (κ2) is 8.31. The first-order chi connectivity index (χ1) is 10.2. The maximum absolute atomic E-state index is 13.8. The quantitative estimate of drug-likeness (QED) is 0.346. The first kappa shape index (κ1) is 19.5. The summed E-state index contributed by atoms with van der Waals surface area (Å²) in [5.41, 5.74) is 0. The molecule has 0 aromatic carbocycles. The van der Waals surface area contributed by atoms with Crippen molar-refractivity contribution < 1.29 is 35.7 Å². The molecular formula is C13H21F4O4P. The summed E-state index contributed by atoms with van der Waals surface area (Å²) in [4.78, 5) is 0. The minimum Gasteiger partial charge on any atom is -0.405 e. The summed E-state index contributed by atoms with van der Waals surface area (Å²) in [5, 5.41) is 0. The smallest absolute Gasteiger partial charge is 0.405 e. The number of hydrogen-bond donors (Lipinski definition) is 0. The summed E-state index contributed by atoms with van der Waals surface area (Å²) in [5.74, 6) is -4.10. The predicted molar refractivity (Wildman–Crippen MR) is 72.7 cm³/mol. The first-order valence-corrected chi connectivity index (χ1v) is 8.75. The molecule has 22 heavy (non-hydrogen) atoms. The predicted octanol–water partition coefficient (Wildman–Crippen LogP) is 5.51. The summed E-state index contributed by atoms with van der Waals surface area (Å²) >= 11 is 0. The van der Waals surface area contributed by atoms with Crippen LogP contribution in [0.4, 0.5) is 17.6 Å². The van der Waals surface area contributed by atoms with E-state index in [9.17, 15) is 22.1 Å². The van der Waals surface area contributed by atoms with Gasteiger partial charge in [0.15, 0.2) is 5.76 Å². The number of halogens is 4. The standard InChI is InChI=1S/C13H21F4O4P/c1-3-19-22(18,20-4-2)21-11(12(14)13(15,16)17)10-8-6-5-7-9-10/h10H,3-9H2,1-2H3/b12-11+. The van der Waals surface area contributed by atoms with Crippen LogP contribution in [0, 0.1) is 5.92 Å². The average molecular weight is 348 g/mol. The van der Waals surface area contributed by atoms with Gasteiger partial charge in [0.2, 0.25) is 5.83 Å². The van der Waals surface area contributed by atoms with E-state index in [2.05, 4.69) is 0 Å². The van der Waals surface area contributed by atoms with Gasteiger partial charge in [0.05, 0.1) is 13.2 Å². The zero-order valence-electron chi connectivity index (χ0n) is 12.6. The van der Waals surface area contributed by atoms with Crippen molar-refractivity contribution in [2.24, 2.45) is 5.92 Å². The fourth-order valence-electron chi connectivity index (χ4n) is 2.32. The third-order valence-corrected chi connectivity index (χ3v) is 4.79. The monoisotopic (exact) mass is 348 g/mol. The Morgan fingerprint density at radius 1 is 1.09 bits per heavy atom. The summed E-state index contributed by atoms with van der Waals surface area (Å²) in [6, 6.07) is 0. The molecule has 0 radical (unpaired) electrons. The number of phosphoric ester groups is 1. The van der Waals surface area contributed by atoms with Crippen molar-refractivity contribution in [1.29, 1.82) is 0 Å². The van der Waals surface area contributed by atoms with Crippen molar-refractivity contribution in [3.63, 3.8) is 0 Å². The van der Waals surface area contributed by atoms with Gasteiger partial charge in [-0.05, 0) is 26.7 Å². The minimum absolute atomic E-state index is 0.0944. The summed E-state index contributed by atoms with van der Waals surface area (Å²) in [6.45, 7) is 2.78. The molecule has 0 bridgehead atoms. The largest absolute Gasteiger partial charge is 0.529 e. The summed E-state index contributed by atoms with van der Waals surface area (Å²) in [6.07, 6.45) is -2.32. The van der Waals surface area contributed by atoms with E-state index >= 15 is 0 Å². The van der Waals surface area contributed by atoms with E-state index in [1.807, 2.05) is 0 Å². The van der Waals surface area contributed by atoms with E-state index < -0.39 is 31.5 Å². The third kappa shape index (κ3) is 5.56. The average Bonchev–Trinajstić information content (AvgIpc) is 2.44. The van der Waals surface area contributed by atoms with E-state index in [1.54, 1.807) is 0 Å². The highest BCUT2D eigenvalue weighted by molar-refractivity contribution is 7.48. The minimum atomic E-state index is -5.20. The molecule has 9 heteroatoms. The lowest BCUT2D eigenvalue weighted by atomic mass is 9.87. The van der Waals surface area contributed by atoms with Gasteiger partial charge in [-0.3, -0.25) is 9.05 Å². The molecule has 0 aromatic rings. The zero-order valence-corrected chi connectivity index (χ0v) is 13.5. The molecule has 1 fully saturated rings. The van der Waals surface area contributed by atoms with Gasteiger partial charge in [-0.25, -0.2) is 4.57 Å². The lowest BCUT2D eigenvalue weighted by Crippen LogP contribution is -2.19. The Kier molecular flexibility index (Phi) is 7.35. The van der Waals surface area contributed by atoms with Crippen LogP contribution < -0.4 is 0 Å². The molecule has 0 atom stereocenters. The van der Waals surface area contributed by atoms with E-state index in [0.29, 0.717) is 25.7 Å². The molecule has 0 amide bonds. The van der Waals surface area contributed by atoms with Gasteiger partial charge >= 0.3 is 14.0 Å². The highest BCUT2D eigenvalue weighted by Crippen LogP contribution is 2.54. The molecule has 130 valence electrons. The van der Waals surface area contributed by atoms with E-state index in [-0.39, 0.29) is 13.2 Å².